The molecule has 0 unspecified atom stereocenters. The molecular weight excluding hydrogens is 317 g/mol. The molecule has 2 aromatic rings. The summed E-state index contributed by atoms with van der Waals surface area (Å²) >= 11 is 5.59. The summed E-state index contributed by atoms with van der Waals surface area (Å²) in [4.78, 5) is 0.0591. The summed E-state index contributed by atoms with van der Waals surface area (Å²) in [6.45, 7) is 0.544. The lowest BCUT2D eigenvalue weighted by molar-refractivity contribution is 0.590. The number of aryl methyl sites for hydroxylation is 1. The Balaban J connectivity index is 2.26. The molecule has 5 nitrogen and oxygen atoms in total. The van der Waals surface area contributed by atoms with Crippen LogP contribution in [0.15, 0.2) is 41.6 Å². The van der Waals surface area contributed by atoms with Gasteiger partial charge in [0, 0.05) is 25.7 Å². The minimum atomic E-state index is -3.76. The molecule has 1 aromatic heterocycles. The topological polar surface area (TPSA) is 55.2 Å². The Labute approximate surface area is 128 Å². The van der Waals surface area contributed by atoms with Crippen molar-refractivity contribution in [3.8, 4) is 0 Å². The molecule has 0 radical (unpaired) electrons. The van der Waals surface area contributed by atoms with Crippen molar-refractivity contribution >= 4 is 27.3 Å². The first-order chi connectivity index (χ1) is 9.95. The maximum absolute atomic E-state index is 13.2. The molecule has 1 aromatic carbocycles. The molecule has 0 fully saturated rings. The minimum Gasteiger partial charge on any atom is -0.271 e. The Hall–Kier alpha value is -1.60. The highest BCUT2D eigenvalue weighted by Crippen LogP contribution is 2.22. The van der Waals surface area contributed by atoms with Gasteiger partial charge in [0.15, 0.2) is 0 Å². The SMILES string of the molecule is CN(c1cccc(F)c1)S(=O)(=O)c1cnn(CCCCl)c1. The normalized spacial score (nSPS) is 11.6. The van der Waals surface area contributed by atoms with E-state index in [1.54, 1.807) is 0 Å². The summed E-state index contributed by atoms with van der Waals surface area (Å²) in [5.41, 5.74) is 0.253. The monoisotopic (exact) mass is 331 g/mol. The summed E-state index contributed by atoms with van der Waals surface area (Å²) in [5.74, 6) is -0.0159. The van der Waals surface area contributed by atoms with Crippen LogP contribution in [0.4, 0.5) is 10.1 Å². The number of benzene rings is 1. The van der Waals surface area contributed by atoms with Crippen LogP contribution in [0.25, 0.3) is 0 Å². The molecule has 1 heterocycles. The molecule has 0 amide bonds. The molecule has 114 valence electrons. The van der Waals surface area contributed by atoms with Crippen LogP contribution in [-0.2, 0) is 16.6 Å². The Morgan fingerprint density at radius 2 is 2.19 bits per heavy atom. The van der Waals surface area contributed by atoms with E-state index in [1.807, 2.05) is 0 Å². The summed E-state index contributed by atoms with van der Waals surface area (Å²) in [5, 5.41) is 3.99. The molecule has 0 atom stereocenters. The molecule has 0 saturated heterocycles. The Kier molecular flexibility index (Phi) is 4.84. The molecule has 0 aliphatic rings. The predicted molar refractivity (Wildman–Crippen MR) is 79.6 cm³/mol. The average Bonchev–Trinajstić information content (AvgIpc) is 2.93. The zero-order valence-corrected chi connectivity index (χ0v) is 13.0. The highest BCUT2D eigenvalue weighted by molar-refractivity contribution is 7.92. The van der Waals surface area contributed by atoms with Gasteiger partial charge in [0.2, 0.25) is 0 Å². The smallest absolute Gasteiger partial charge is 0.267 e. The molecule has 21 heavy (non-hydrogen) atoms. The van der Waals surface area contributed by atoms with E-state index in [4.69, 9.17) is 11.6 Å². The van der Waals surface area contributed by atoms with E-state index in [0.29, 0.717) is 18.8 Å². The Morgan fingerprint density at radius 1 is 1.43 bits per heavy atom. The van der Waals surface area contributed by atoms with E-state index in [9.17, 15) is 12.8 Å². The van der Waals surface area contributed by atoms with Gasteiger partial charge in [0.25, 0.3) is 10.0 Å². The zero-order valence-electron chi connectivity index (χ0n) is 11.4. The summed E-state index contributed by atoms with van der Waals surface area (Å²) in [6.07, 6.45) is 3.42. The molecule has 0 aliphatic heterocycles. The lowest BCUT2D eigenvalue weighted by Gasteiger charge is -2.18. The lowest BCUT2D eigenvalue weighted by atomic mass is 10.3. The van der Waals surface area contributed by atoms with E-state index in [1.165, 1.54) is 42.3 Å². The molecule has 0 N–H and O–H groups in total. The fourth-order valence-electron chi connectivity index (χ4n) is 1.79. The fourth-order valence-corrected chi connectivity index (χ4v) is 3.05. The van der Waals surface area contributed by atoms with Crippen molar-refractivity contribution in [2.75, 3.05) is 17.2 Å². The van der Waals surface area contributed by atoms with Crippen molar-refractivity contribution in [1.82, 2.24) is 9.78 Å². The molecule has 0 bridgehead atoms. The third-order valence-corrected chi connectivity index (χ3v) is 4.97. The standard InChI is InChI=1S/C13H15ClFN3O2S/c1-17(12-5-2-4-11(15)8-12)21(19,20)13-9-16-18(10-13)7-3-6-14/h2,4-5,8-10H,3,6-7H2,1H3. The molecular formula is C13H15ClFN3O2S. The summed E-state index contributed by atoms with van der Waals surface area (Å²) in [6, 6.07) is 5.41. The van der Waals surface area contributed by atoms with Crippen LogP contribution in [0.5, 0.6) is 0 Å². The van der Waals surface area contributed by atoms with Gasteiger partial charge in [-0.2, -0.15) is 5.10 Å². The van der Waals surface area contributed by atoms with Crippen LogP contribution in [0.1, 0.15) is 6.42 Å². The first-order valence-corrected chi connectivity index (χ1v) is 8.25. The number of hydrogen-bond donors (Lipinski definition) is 0. The van der Waals surface area contributed by atoms with Gasteiger partial charge in [0.05, 0.1) is 11.9 Å². The second-order valence-corrected chi connectivity index (χ2v) is 6.78. The third-order valence-electron chi connectivity index (χ3n) is 2.96. The van der Waals surface area contributed by atoms with Gasteiger partial charge < -0.3 is 0 Å². The van der Waals surface area contributed by atoms with Gasteiger partial charge in [-0.25, -0.2) is 12.8 Å². The number of hydrogen-bond acceptors (Lipinski definition) is 3. The van der Waals surface area contributed by atoms with Crippen molar-refractivity contribution in [3.05, 3.63) is 42.5 Å². The highest BCUT2D eigenvalue weighted by Gasteiger charge is 2.23. The van der Waals surface area contributed by atoms with Gasteiger partial charge in [-0.3, -0.25) is 8.99 Å². The number of sulfonamides is 1. The molecule has 0 saturated carbocycles. The number of halogens is 2. The number of aromatic nitrogens is 2. The second kappa shape index (κ2) is 6.44. The van der Waals surface area contributed by atoms with Crippen LogP contribution in [-0.4, -0.2) is 31.1 Å². The van der Waals surface area contributed by atoms with Crippen LogP contribution >= 0.6 is 11.6 Å². The summed E-state index contributed by atoms with van der Waals surface area (Å²) < 4.78 is 40.7. The second-order valence-electron chi connectivity index (χ2n) is 4.43. The quantitative estimate of drug-likeness (QED) is 0.764. The largest absolute Gasteiger partial charge is 0.271 e. The van der Waals surface area contributed by atoms with Crippen molar-refractivity contribution < 1.29 is 12.8 Å². The molecule has 2 rings (SSSR count). The molecule has 8 heteroatoms. The molecule has 0 aliphatic carbocycles. The van der Waals surface area contributed by atoms with Crippen LogP contribution in [0, 0.1) is 5.82 Å². The average molecular weight is 332 g/mol. The van der Waals surface area contributed by atoms with Gasteiger partial charge in [-0.1, -0.05) is 6.07 Å². The number of rotatable bonds is 6. The van der Waals surface area contributed by atoms with Gasteiger partial charge in [-0.15, -0.1) is 11.6 Å². The zero-order chi connectivity index (χ0) is 15.5. The maximum atomic E-state index is 13.2. The Morgan fingerprint density at radius 3 is 2.86 bits per heavy atom. The van der Waals surface area contributed by atoms with Crippen LogP contribution in [0.3, 0.4) is 0 Å². The fraction of sp³-hybridized carbons (Fsp3) is 0.308. The van der Waals surface area contributed by atoms with E-state index >= 15 is 0 Å². The summed E-state index contributed by atoms with van der Waals surface area (Å²) in [7, 11) is -2.39. The van der Waals surface area contributed by atoms with E-state index in [2.05, 4.69) is 5.10 Å². The van der Waals surface area contributed by atoms with Crippen LogP contribution < -0.4 is 4.31 Å². The van der Waals surface area contributed by atoms with E-state index < -0.39 is 15.8 Å². The van der Waals surface area contributed by atoms with E-state index in [-0.39, 0.29) is 10.6 Å². The lowest BCUT2D eigenvalue weighted by Crippen LogP contribution is -2.26. The van der Waals surface area contributed by atoms with Gasteiger partial charge in [-0.05, 0) is 24.6 Å². The number of anilines is 1. The predicted octanol–water partition coefficient (Wildman–Crippen LogP) is 2.48. The van der Waals surface area contributed by atoms with Crippen molar-refractivity contribution in [2.45, 2.75) is 17.9 Å². The van der Waals surface area contributed by atoms with Crippen molar-refractivity contribution in [1.29, 1.82) is 0 Å². The first-order valence-electron chi connectivity index (χ1n) is 6.28. The minimum absolute atomic E-state index is 0.0591. The molecule has 0 spiro atoms. The third kappa shape index (κ3) is 3.54. The van der Waals surface area contributed by atoms with Crippen molar-refractivity contribution in [3.63, 3.8) is 0 Å². The number of alkyl halides is 1. The maximum Gasteiger partial charge on any atom is 0.267 e. The first kappa shape index (κ1) is 15.8. The van der Waals surface area contributed by atoms with Crippen molar-refractivity contribution in [2.24, 2.45) is 0 Å². The van der Waals surface area contributed by atoms with E-state index in [0.717, 1.165) is 10.4 Å². The number of nitrogens with zero attached hydrogens (tertiary/aromatic N) is 3. The van der Waals surface area contributed by atoms with Gasteiger partial charge in [0.1, 0.15) is 10.7 Å². The highest BCUT2D eigenvalue weighted by atomic mass is 35.5. The van der Waals surface area contributed by atoms with Gasteiger partial charge >= 0.3 is 0 Å². The van der Waals surface area contributed by atoms with Crippen LogP contribution in [0.2, 0.25) is 0 Å². The Bertz CT molecular complexity index is 718.